The van der Waals surface area contributed by atoms with E-state index in [9.17, 15) is 0 Å². The number of rotatable bonds is 2. The van der Waals surface area contributed by atoms with Crippen molar-refractivity contribution in [2.75, 3.05) is 0 Å². The maximum Gasteiger partial charge on any atom is 0.466 e. The van der Waals surface area contributed by atoms with Gasteiger partial charge in [0.15, 0.2) is 0 Å². The predicted octanol–water partition coefficient (Wildman–Crippen LogP) is 1.51. The van der Waals surface area contributed by atoms with E-state index in [2.05, 4.69) is 20.8 Å². The first kappa shape index (κ1) is 13.7. The Bertz CT molecular complexity index is 107. The lowest BCUT2D eigenvalue weighted by Crippen LogP contribution is -1.85. The lowest BCUT2D eigenvalue weighted by atomic mass is 10.1. The Labute approximate surface area is 67.5 Å². The van der Waals surface area contributed by atoms with Gasteiger partial charge in [0.2, 0.25) is 0 Å². The van der Waals surface area contributed by atoms with Gasteiger partial charge < -0.3 is 14.7 Å². The summed E-state index contributed by atoms with van der Waals surface area (Å²) in [6, 6.07) is 0. The van der Waals surface area contributed by atoms with Gasteiger partial charge in [-0.25, -0.2) is 4.57 Å². The molecule has 0 saturated heterocycles. The van der Waals surface area contributed by atoms with Crippen LogP contribution in [0, 0.1) is 5.92 Å². The summed E-state index contributed by atoms with van der Waals surface area (Å²) in [5, 5.41) is 0. The van der Waals surface area contributed by atoms with Gasteiger partial charge in [-0.3, -0.25) is 0 Å². The average Bonchev–Trinajstić information content (AvgIpc) is 1.83. The van der Waals surface area contributed by atoms with Gasteiger partial charge in [0.1, 0.15) is 0 Å². The molecule has 0 aromatic carbocycles. The normalized spacial score (nSPS) is 10.8. The summed E-state index contributed by atoms with van der Waals surface area (Å²) in [7, 11) is -4.64. The van der Waals surface area contributed by atoms with E-state index in [0.29, 0.717) is 0 Å². The molecule has 0 spiro atoms. The largest absolute Gasteiger partial charge is 0.466 e. The van der Waals surface area contributed by atoms with E-state index in [0.717, 1.165) is 5.92 Å². The molecule has 0 aliphatic carbocycles. The first-order chi connectivity index (χ1) is 4.81. The van der Waals surface area contributed by atoms with Crippen molar-refractivity contribution in [3.05, 3.63) is 0 Å². The molecule has 5 heteroatoms. The van der Waals surface area contributed by atoms with Gasteiger partial charge in [0.25, 0.3) is 0 Å². The van der Waals surface area contributed by atoms with Crippen molar-refractivity contribution in [2.45, 2.75) is 33.6 Å². The third kappa shape index (κ3) is 39.4. The van der Waals surface area contributed by atoms with Crippen LogP contribution in [0.3, 0.4) is 0 Å². The summed E-state index contributed by atoms with van der Waals surface area (Å²) in [6.45, 7) is 6.74. The second-order valence-electron chi connectivity index (χ2n) is 2.43. The van der Waals surface area contributed by atoms with Crippen LogP contribution in [0.5, 0.6) is 0 Å². The monoisotopic (exact) mass is 184 g/mol. The van der Waals surface area contributed by atoms with Crippen LogP contribution >= 0.6 is 7.82 Å². The van der Waals surface area contributed by atoms with Crippen LogP contribution in [0.15, 0.2) is 0 Å². The summed E-state index contributed by atoms with van der Waals surface area (Å²) in [6.07, 6.45) is 2.66. The third-order valence-electron chi connectivity index (χ3n) is 1.39. The van der Waals surface area contributed by atoms with Gasteiger partial charge >= 0.3 is 7.82 Å². The quantitative estimate of drug-likeness (QED) is 0.568. The van der Waals surface area contributed by atoms with Crippen molar-refractivity contribution >= 4 is 7.82 Å². The summed E-state index contributed by atoms with van der Waals surface area (Å²) in [5.41, 5.74) is 0. The third-order valence-corrected chi connectivity index (χ3v) is 1.39. The molecule has 0 aromatic heterocycles. The Morgan fingerprint density at radius 1 is 1.18 bits per heavy atom. The lowest BCUT2D eigenvalue weighted by molar-refractivity contribution is 0.275. The second kappa shape index (κ2) is 6.80. The lowest BCUT2D eigenvalue weighted by Gasteiger charge is -1.98. The van der Waals surface area contributed by atoms with Crippen molar-refractivity contribution < 1.29 is 19.2 Å². The summed E-state index contributed by atoms with van der Waals surface area (Å²) >= 11 is 0. The van der Waals surface area contributed by atoms with E-state index >= 15 is 0 Å². The Balaban J connectivity index is 0. The number of hydrogen-bond acceptors (Lipinski definition) is 1. The van der Waals surface area contributed by atoms with Crippen molar-refractivity contribution in [2.24, 2.45) is 5.92 Å². The van der Waals surface area contributed by atoms with E-state index < -0.39 is 7.82 Å². The summed E-state index contributed by atoms with van der Waals surface area (Å²) in [4.78, 5) is 21.6. The molecule has 0 aliphatic rings. The van der Waals surface area contributed by atoms with Crippen LogP contribution in [0.2, 0.25) is 0 Å². The highest BCUT2D eigenvalue weighted by Gasteiger charge is 2.00. The zero-order valence-corrected chi connectivity index (χ0v) is 8.08. The minimum Gasteiger partial charge on any atom is -0.303 e. The molecular formula is C6H17O4P. The molecule has 0 aliphatic heterocycles. The first-order valence-electron chi connectivity index (χ1n) is 3.59. The van der Waals surface area contributed by atoms with Crippen molar-refractivity contribution in [1.82, 2.24) is 0 Å². The molecule has 0 heterocycles. The summed E-state index contributed by atoms with van der Waals surface area (Å²) < 4.78 is 8.88. The smallest absolute Gasteiger partial charge is 0.303 e. The zero-order chi connectivity index (χ0) is 9.49. The fourth-order valence-corrected chi connectivity index (χ4v) is 0.289. The minimum absolute atomic E-state index is 0.935. The highest BCUT2D eigenvalue weighted by atomic mass is 31.2. The van der Waals surface area contributed by atoms with Crippen molar-refractivity contribution in [3.8, 4) is 0 Å². The molecule has 0 radical (unpaired) electrons. The highest BCUT2D eigenvalue weighted by Crippen LogP contribution is 2.25. The van der Waals surface area contributed by atoms with Crippen LogP contribution in [-0.2, 0) is 4.57 Å². The SMILES string of the molecule is CCC(C)CC.O=P(O)(O)O. The molecule has 11 heavy (non-hydrogen) atoms. The standard InChI is InChI=1S/C6H14.H3O4P/c1-4-6(3)5-2;1-5(2,3)4/h6H,4-5H2,1-3H3;(H3,1,2,3,4). The van der Waals surface area contributed by atoms with Crippen LogP contribution in [0.25, 0.3) is 0 Å². The zero-order valence-electron chi connectivity index (χ0n) is 7.19. The topological polar surface area (TPSA) is 77.8 Å². The predicted molar refractivity (Wildman–Crippen MR) is 44.0 cm³/mol. The van der Waals surface area contributed by atoms with E-state index in [1.54, 1.807) is 0 Å². The molecule has 4 nitrogen and oxygen atoms in total. The molecule has 0 rings (SSSR count). The Kier molecular flexibility index (Phi) is 8.46. The fraction of sp³-hybridized carbons (Fsp3) is 1.00. The van der Waals surface area contributed by atoms with Crippen LogP contribution in [-0.4, -0.2) is 14.7 Å². The van der Waals surface area contributed by atoms with Crippen LogP contribution in [0.1, 0.15) is 33.6 Å². The molecule has 0 fully saturated rings. The second-order valence-corrected chi connectivity index (χ2v) is 3.46. The molecular weight excluding hydrogens is 167 g/mol. The molecule has 70 valence electrons. The first-order valence-corrected chi connectivity index (χ1v) is 5.16. The van der Waals surface area contributed by atoms with Gasteiger partial charge in [-0.1, -0.05) is 33.6 Å². The van der Waals surface area contributed by atoms with E-state index in [1.165, 1.54) is 12.8 Å². The van der Waals surface area contributed by atoms with Gasteiger partial charge in [0.05, 0.1) is 0 Å². The molecule has 0 unspecified atom stereocenters. The molecule has 3 N–H and O–H groups in total. The van der Waals surface area contributed by atoms with E-state index in [-0.39, 0.29) is 0 Å². The maximum absolute atomic E-state index is 8.88. The van der Waals surface area contributed by atoms with Crippen molar-refractivity contribution in [1.29, 1.82) is 0 Å². The minimum atomic E-state index is -4.64. The number of phosphoric acid groups is 1. The van der Waals surface area contributed by atoms with Crippen molar-refractivity contribution in [3.63, 3.8) is 0 Å². The van der Waals surface area contributed by atoms with Gasteiger partial charge in [0, 0.05) is 0 Å². The molecule has 0 amide bonds. The Morgan fingerprint density at radius 2 is 1.36 bits per heavy atom. The fourth-order valence-electron chi connectivity index (χ4n) is 0.289. The van der Waals surface area contributed by atoms with Gasteiger partial charge in [-0.2, -0.15) is 0 Å². The molecule has 0 atom stereocenters. The van der Waals surface area contributed by atoms with E-state index in [1.807, 2.05) is 0 Å². The molecule has 0 aromatic rings. The Hall–Kier alpha value is 0.110. The Morgan fingerprint density at radius 3 is 1.36 bits per heavy atom. The maximum atomic E-state index is 8.88. The van der Waals surface area contributed by atoms with Gasteiger partial charge in [-0.15, -0.1) is 0 Å². The average molecular weight is 184 g/mol. The van der Waals surface area contributed by atoms with E-state index in [4.69, 9.17) is 19.2 Å². The summed E-state index contributed by atoms with van der Waals surface area (Å²) in [5.74, 6) is 0.935. The molecule has 0 saturated carbocycles. The van der Waals surface area contributed by atoms with Gasteiger partial charge in [-0.05, 0) is 5.92 Å². The molecule has 0 bridgehead atoms. The highest BCUT2D eigenvalue weighted by molar-refractivity contribution is 7.45. The van der Waals surface area contributed by atoms with Crippen LogP contribution < -0.4 is 0 Å². The number of hydrogen-bond donors (Lipinski definition) is 3. The van der Waals surface area contributed by atoms with Crippen LogP contribution in [0.4, 0.5) is 0 Å².